The Morgan fingerprint density at radius 3 is 2.71 bits per heavy atom. The second-order valence-electron chi connectivity index (χ2n) is 5.85. The van der Waals surface area contributed by atoms with Gasteiger partial charge < -0.3 is 19.7 Å². The maximum absolute atomic E-state index is 11.9. The minimum absolute atomic E-state index is 0.105. The monoisotopic (exact) mass is 406 g/mol. The van der Waals surface area contributed by atoms with Gasteiger partial charge in [0, 0.05) is 6.54 Å². The Labute approximate surface area is 167 Å². The highest BCUT2D eigenvalue weighted by atomic mass is 32.2. The van der Waals surface area contributed by atoms with Crippen molar-refractivity contribution in [3.05, 3.63) is 47.0 Å². The van der Waals surface area contributed by atoms with Crippen LogP contribution in [0.5, 0.6) is 0 Å². The first-order valence-electron chi connectivity index (χ1n) is 8.68. The Bertz CT molecular complexity index is 750. The third-order valence-electron chi connectivity index (χ3n) is 3.78. The summed E-state index contributed by atoms with van der Waals surface area (Å²) in [4.78, 5) is 48.2. The van der Waals surface area contributed by atoms with Crippen molar-refractivity contribution in [1.82, 2.24) is 10.2 Å². The van der Waals surface area contributed by atoms with Crippen LogP contribution in [0.1, 0.15) is 12.0 Å². The first kappa shape index (κ1) is 21.5. The summed E-state index contributed by atoms with van der Waals surface area (Å²) in [5, 5.41) is 3.04. The lowest BCUT2D eigenvalue weighted by molar-refractivity contribution is -0.144. The zero-order chi connectivity index (χ0) is 20.4. The number of thioether (sulfide) groups is 1. The normalized spacial score (nSPS) is 14.8. The number of carbonyl (C=O) groups excluding carboxylic acids is 4. The smallest absolute Gasteiger partial charge is 0.333 e. The highest BCUT2D eigenvalue weighted by Crippen LogP contribution is 2.28. The SMILES string of the molecule is COC(=O)/C=C1/SCC(=O)N1CCCOC(=O)CNC(=O)Cc1ccccc1. The molecule has 0 aromatic heterocycles. The Balaban J connectivity index is 1.65. The van der Waals surface area contributed by atoms with Crippen LogP contribution in [0.15, 0.2) is 41.4 Å². The van der Waals surface area contributed by atoms with Crippen molar-refractivity contribution in [2.24, 2.45) is 0 Å². The zero-order valence-corrected chi connectivity index (χ0v) is 16.3. The molecule has 1 N–H and O–H groups in total. The molecule has 0 radical (unpaired) electrons. The minimum atomic E-state index is -0.547. The van der Waals surface area contributed by atoms with Gasteiger partial charge in [-0.25, -0.2) is 4.79 Å². The molecule has 28 heavy (non-hydrogen) atoms. The number of hydrogen-bond acceptors (Lipinski definition) is 7. The number of nitrogens with zero attached hydrogens (tertiary/aromatic N) is 1. The lowest BCUT2D eigenvalue weighted by Crippen LogP contribution is -2.32. The molecule has 2 rings (SSSR count). The van der Waals surface area contributed by atoms with Crippen molar-refractivity contribution in [2.75, 3.05) is 32.6 Å². The third kappa shape index (κ3) is 7.07. The average Bonchev–Trinajstić information content (AvgIpc) is 3.03. The molecule has 0 unspecified atom stereocenters. The standard InChI is InChI=1S/C19H22N2O6S/c1-26-18(24)11-17-21(16(23)13-28-17)8-5-9-27-19(25)12-20-15(22)10-14-6-3-2-4-7-14/h2-4,6-7,11H,5,8-10,12-13H2,1H3,(H,20,22)/b17-11+. The van der Waals surface area contributed by atoms with Gasteiger partial charge in [-0.05, 0) is 12.0 Å². The lowest BCUT2D eigenvalue weighted by atomic mass is 10.1. The number of hydrogen-bond donors (Lipinski definition) is 1. The van der Waals surface area contributed by atoms with Gasteiger partial charge in [-0.3, -0.25) is 14.4 Å². The number of esters is 2. The average molecular weight is 406 g/mol. The summed E-state index contributed by atoms with van der Waals surface area (Å²) in [5.41, 5.74) is 0.859. The molecule has 1 aliphatic heterocycles. The molecule has 1 fully saturated rings. The predicted octanol–water partition coefficient (Wildman–Crippen LogP) is 0.868. The van der Waals surface area contributed by atoms with Gasteiger partial charge in [0.05, 0.1) is 37.0 Å². The largest absolute Gasteiger partial charge is 0.466 e. The molecular weight excluding hydrogens is 384 g/mol. The van der Waals surface area contributed by atoms with Crippen LogP contribution in [-0.4, -0.2) is 61.2 Å². The molecule has 1 aromatic carbocycles. The summed E-state index contributed by atoms with van der Waals surface area (Å²) in [6.07, 6.45) is 1.87. The summed E-state index contributed by atoms with van der Waals surface area (Å²) in [6, 6.07) is 9.21. The molecule has 1 aromatic rings. The summed E-state index contributed by atoms with van der Waals surface area (Å²) in [7, 11) is 1.27. The van der Waals surface area contributed by atoms with Crippen LogP contribution >= 0.6 is 11.8 Å². The molecule has 150 valence electrons. The predicted molar refractivity (Wildman–Crippen MR) is 103 cm³/mol. The van der Waals surface area contributed by atoms with Crippen molar-refractivity contribution in [1.29, 1.82) is 0 Å². The topological polar surface area (TPSA) is 102 Å². The van der Waals surface area contributed by atoms with Gasteiger partial charge in [0.2, 0.25) is 11.8 Å². The fraction of sp³-hybridized carbons (Fsp3) is 0.368. The molecule has 1 saturated heterocycles. The molecule has 0 saturated carbocycles. The highest BCUT2D eigenvalue weighted by molar-refractivity contribution is 8.04. The quantitative estimate of drug-likeness (QED) is 0.369. The van der Waals surface area contributed by atoms with Crippen LogP contribution in [0.25, 0.3) is 0 Å². The Morgan fingerprint density at radius 1 is 1.25 bits per heavy atom. The number of benzene rings is 1. The molecule has 2 amide bonds. The highest BCUT2D eigenvalue weighted by Gasteiger charge is 2.27. The van der Waals surface area contributed by atoms with E-state index in [1.54, 1.807) is 0 Å². The molecule has 1 heterocycles. The van der Waals surface area contributed by atoms with Crippen LogP contribution in [0, 0.1) is 0 Å². The summed E-state index contributed by atoms with van der Waals surface area (Å²) >= 11 is 1.26. The van der Waals surface area contributed by atoms with E-state index in [4.69, 9.17) is 4.74 Å². The molecule has 1 aliphatic rings. The lowest BCUT2D eigenvalue weighted by Gasteiger charge is -2.16. The van der Waals surface area contributed by atoms with Crippen molar-refractivity contribution in [2.45, 2.75) is 12.8 Å². The van der Waals surface area contributed by atoms with Gasteiger partial charge in [0.25, 0.3) is 0 Å². The van der Waals surface area contributed by atoms with E-state index in [2.05, 4.69) is 10.1 Å². The number of methoxy groups -OCH3 is 1. The van der Waals surface area contributed by atoms with E-state index >= 15 is 0 Å². The number of nitrogens with one attached hydrogen (secondary N) is 1. The number of amides is 2. The fourth-order valence-corrected chi connectivity index (χ4v) is 3.36. The second kappa shape index (κ2) is 11.1. The first-order chi connectivity index (χ1) is 13.5. The summed E-state index contributed by atoms with van der Waals surface area (Å²) in [6.45, 7) is 0.216. The minimum Gasteiger partial charge on any atom is -0.466 e. The Kier molecular flexibility index (Phi) is 8.54. The van der Waals surface area contributed by atoms with Crippen LogP contribution in [0.4, 0.5) is 0 Å². The van der Waals surface area contributed by atoms with Crippen molar-refractivity contribution >= 4 is 35.5 Å². The van der Waals surface area contributed by atoms with E-state index in [0.717, 1.165) is 5.56 Å². The summed E-state index contributed by atoms with van der Waals surface area (Å²) < 4.78 is 9.63. The molecule has 0 bridgehead atoms. The van der Waals surface area contributed by atoms with Gasteiger partial charge in [-0.2, -0.15) is 0 Å². The van der Waals surface area contributed by atoms with Crippen LogP contribution in [0.3, 0.4) is 0 Å². The molecule has 9 heteroatoms. The van der Waals surface area contributed by atoms with Gasteiger partial charge in [0.1, 0.15) is 6.54 Å². The zero-order valence-electron chi connectivity index (χ0n) is 15.5. The molecule has 0 aliphatic carbocycles. The van der Waals surface area contributed by atoms with E-state index < -0.39 is 11.9 Å². The van der Waals surface area contributed by atoms with Gasteiger partial charge in [-0.15, -0.1) is 0 Å². The van der Waals surface area contributed by atoms with Crippen LogP contribution in [-0.2, 0) is 35.1 Å². The van der Waals surface area contributed by atoms with Gasteiger partial charge >= 0.3 is 11.9 Å². The molecular formula is C19H22N2O6S. The number of ether oxygens (including phenoxy) is 2. The van der Waals surface area contributed by atoms with E-state index in [-0.39, 0.29) is 37.1 Å². The summed E-state index contributed by atoms with van der Waals surface area (Å²) in [5.74, 6) is -1.19. The third-order valence-corrected chi connectivity index (χ3v) is 4.80. The van der Waals surface area contributed by atoms with E-state index in [1.807, 2.05) is 30.3 Å². The van der Waals surface area contributed by atoms with E-state index in [9.17, 15) is 19.2 Å². The van der Waals surface area contributed by atoms with Gasteiger partial charge in [-0.1, -0.05) is 42.1 Å². The van der Waals surface area contributed by atoms with Crippen LogP contribution < -0.4 is 5.32 Å². The van der Waals surface area contributed by atoms with Crippen LogP contribution in [0.2, 0.25) is 0 Å². The van der Waals surface area contributed by atoms with Crippen molar-refractivity contribution in [3.8, 4) is 0 Å². The molecule has 0 atom stereocenters. The van der Waals surface area contributed by atoms with Crippen molar-refractivity contribution in [3.63, 3.8) is 0 Å². The second-order valence-corrected chi connectivity index (χ2v) is 6.85. The maximum atomic E-state index is 11.9. The van der Waals surface area contributed by atoms with Crippen molar-refractivity contribution < 1.29 is 28.7 Å². The first-order valence-corrected chi connectivity index (χ1v) is 9.67. The Morgan fingerprint density at radius 2 is 2.00 bits per heavy atom. The van der Waals surface area contributed by atoms with Gasteiger partial charge in [0.15, 0.2) is 0 Å². The molecule has 0 spiro atoms. The van der Waals surface area contributed by atoms with E-state index in [1.165, 1.54) is 29.8 Å². The molecule has 8 nitrogen and oxygen atoms in total. The Hall–Kier alpha value is -2.81. The maximum Gasteiger partial charge on any atom is 0.333 e. The van der Waals surface area contributed by atoms with E-state index in [0.29, 0.717) is 18.0 Å². The fourth-order valence-electron chi connectivity index (χ4n) is 2.40. The number of rotatable bonds is 9. The number of carbonyl (C=O) groups is 4.